The molecular weight excluding hydrogens is 502 g/mol. The van der Waals surface area contributed by atoms with E-state index in [1.54, 1.807) is 0 Å². The van der Waals surface area contributed by atoms with Gasteiger partial charge in [-0.25, -0.2) is 25.1 Å². The summed E-state index contributed by atoms with van der Waals surface area (Å²) in [6.07, 6.45) is 26.3. The number of carbonyl (C=O) groups excluding carboxylic acids is 2. The lowest BCUT2D eigenvalue weighted by Gasteiger charge is -2.28. The zero-order valence-corrected chi connectivity index (χ0v) is 26.9. The molecular formula is C32H63N5O3. The topological polar surface area (TPSA) is 93.3 Å². The van der Waals surface area contributed by atoms with Gasteiger partial charge in [-0.05, 0) is 37.5 Å². The number of nitrogens with one attached hydrogen (secondary N) is 2. The van der Waals surface area contributed by atoms with Crippen LogP contribution < -0.4 is 20.5 Å². The van der Waals surface area contributed by atoms with Crippen LogP contribution in [0.5, 0.6) is 0 Å². The second-order valence-electron chi connectivity index (χ2n) is 11.3. The van der Waals surface area contributed by atoms with Gasteiger partial charge in [0.05, 0.1) is 13.6 Å². The van der Waals surface area contributed by atoms with Gasteiger partial charge in [0.15, 0.2) is 0 Å². The number of carbonyl (C=O) groups is 2. The number of hydrogen-bond donors (Lipinski definition) is 2. The first-order valence-corrected chi connectivity index (χ1v) is 16.4. The summed E-state index contributed by atoms with van der Waals surface area (Å²) in [7, 11) is 2.07. The molecule has 8 nitrogen and oxygen atoms in total. The Balaban J connectivity index is 0.000000821. The third-order valence-electron chi connectivity index (χ3n) is 7.63. The highest BCUT2D eigenvalue weighted by Crippen LogP contribution is 2.13. The second kappa shape index (κ2) is 26.0. The van der Waals surface area contributed by atoms with Crippen LogP contribution in [0, 0.1) is 11.8 Å². The van der Waals surface area contributed by atoms with Gasteiger partial charge in [0.25, 0.3) is 5.91 Å². The first kappa shape index (κ1) is 38.1. The van der Waals surface area contributed by atoms with Gasteiger partial charge in [-0.15, -0.1) is 0 Å². The summed E-state index contributed by atoms with van der Waals surface area (Å²) in [5.41, 5.74) is 5.90. The van der Waals surface area contributed by atoms with Crippen molar-refractivity contribution in [2.75, 3.05) is 13.1 Å². The largest absolute Gasteiger partial charge is 0.540 e. The van der Waals surface area contributed by atoms with Crippen LogP contribution in [0.4, 0.5) is 0 Å². The minimum absolute atomic E-state index is 0.422. The number of hydrazine groups is 2. The monoisotopic (exact) mass is 565 g/mol. The third kappa shape index (κ3) is 20.0. The van der Waals surface area contributed by atoms with E-state index in [2.05, 4.69) is 80.4 Å². The number of aromatic nitrogens is 2. The minimum Gasteiger partial charge on any atom is -0.540 e. The average Bonchev–Trinajstić information content (AvgIpc) is 3.37. The predicted molar refractivity (Wildman–Crippen MR) is 163 cm³/mol. The van der Waals surface area contributed by atoms with Crippen molar-refractivity contribution in [2.24, 2.45) is 18.9 Å². The van der Waals surface area contributed by atoms with E-state index in [9.17, 15) is 14.7 Å². The third-order valence-corrected chi connectivity index (χ3v) is 7.63. The van der Waals surface area contributed by atoms with Crippen LogP contribution in [0.2, 0.25) is 0 Å². The van der Waals surface area contributed by atoms with Crippen LogP contribution in [0.1, 0.15) is 137 Å². The molecule has 0 aromatic carbocycles. The van der Waals surface area contributed by atoms with Crippen molar-refractivity contribution < 1.29 is 19.3 Å². The summed E-state index contributed by atoms with van der Waals surface area (Å²) < 4.78 is 4.38. The molecule has 234 valence electrons. The van der Waals surface area contributed by atoms with Crippen molar-refractivity contribution in [2.45, 2.75) is 144 Å². The van der Waals surface area contributed by atoms with Gasteiger partial charge >= 0.3 is 0 Å². The minimum atomic E-state index is -1.70. The maximum Gasteiger partial charge on any atom is 0.298 e. The van der Waals surface area contributed by atoms with Crippen molar-refractivity contribution >= 4 is 11.9 Å². The predicted octanol–water partition coefficient (Wildman–Crippen LogP) is 5.46. The maximum absolute atomic E-state index is 11.8. The summed E-state index contributed by atoms with van der Waals surface area (Å²) in [5.74, 6) is -1.92. The van der Waals surface area contributed by atoms with E-state index in [0.29, 0.717) is 24.9 Å². The lowest BCUT2D eigenvalue weighted by molar-refractivity contribution is -0.696. The number of carboxylic acid groups (broad SMARTS) is 1. The Bertz CT molecular complexity index is 720. The molecule has 8 heteroatoms. The molecule has 40 heavy (non-hydrogen) atoms. The lowest BCUT2D eigenvalue weighted by atomic mass is 9.99. The van der Waals surface area contributed by atoms with Crippen LogP contribution in [0.3, 0.4) is 0 Å². The molecule has 0 radical (unpaired) electrons. The van der Waals surface area contributed by atoms with Crippen molar-refractivity contribution in [3.05, 3.63) is 18.7 Å². The number of imidazole rings is 1. The lowest BCUT2D eigenvalue weighted by Crippen LogP contribution is -2.58. The number of aliphatic carboxylic acids is 1. The second-order valence-corrected chi connectivity index (χ2v) is 11.3. The van der Waals surface area contributed by atoms with Gasteiger partial charge < -0.3 is 9.90 Å². The number of unbranched alkanes of at least 4 members (excludes halogenated alkanes) is 9. The number of rotatable bonds is 23. The Hall–Kier alpha value is -1.93. The highest BCUT2D eigenvalue weighted by molar-refractivity contribution is 6.30. The molecule has 2 unspecified atom stereocenters. The molecule has 0 saturated heterocycles. The van der Waals surface area contributed by atoms with Crippen molar-refractivity contribution in [3.8, 4) is 0 Å². The Morgan fingerprint density at radius 2 is 1.25 bits per heavy atom. The first-order valence-electron chi connectivity index (χ1n) is 16.4. The molecule has 1 rings (SSSR count). The molecule has 0 fully saturated rings. The molecule has 2 N–H and O–H groups in total. The van der Waals surface area contributed by atoms with Gasteiger partial charge in [-0.1, -0.05) is 112 Å². The zero-order valence-electron chi connectivity index (χ0n) is 26.9. The molecule has 1 aromatic heterocycles. The maximum atomic E-state index is 11.8. The number of aryl methyl sites for hydroxylation is 2. The van der Waals surface area contributed by atoms with Crippen molar-refractivity contribution in [1.82, 2.24) is 20.5 Å². The smallest absolute Gasteiger partial charge is 0.298 e. The van der Waals surface area contributed by atoms with E-state index in [0.717, 1.165) is 56.5 Å². The standard InChI is InChI=1S/C18H37N3O3.C14H27N2/c1-5-9-11-15(7-3)13-19-21(17(22)18(23)24)20-14-16(8-4)12-10-6-2;1-3-4-5-6-7-8-9-10-11-16-13-12-15(2)14-16/h15-16,19-20H,5-14H2,1-4H3,(H,23,24);12-14H,3-11H2,1-2H3/q;+1/p-1. The molecule has 0 aliphatic carbocycles. The Kier molecular flexibility index (Phi) is 24.7. The fourth-order valence-corrected chi connectivity index (χ4v) is 4.68. The van der Waals surface area contributed by atoms with Crippen molar-refractivity contribution in [3.63, 3.8) is 0 Å². The summed E-state index contributed by atoms with van der Waals surface area (Å²) in [6.45, 7) is 13.1. The van der Waals surface area contributed by atoms with Crippen LogP contribution in [-0.4, -0.2) is 34.7 Å². The van der Waals surface area contributed by atoms with Crippen LogP contribution in [-0.2, 0) is 23.2 Å². The van der Waals surface area contributed by atoms with Gasteiger partial charge in [0.1, 0.15) is 18.4 Å². The zero-order chi connectivity index (χ0) is 30.0. The Morgan fingerprint density at radius 1 is 0.775 bits per heavy atom. The summed E-state index contributed by atoms with van der Waals surface area (Å²) in [6, 6.07) is 0. The van der Waals surface area contributed by atoms with Gasteiger partial charge in [-0.3, -0.25) is 4.79 Å². The molecule has 1 aromatic rings. The summed E-state index contributed by atoms with van der Waals surface area (Å²) in [5, 5.41) is 11.9. The van der Waals surface area contributed by atoms with E-state index in [4.69, 9.17) is 0 Å². The van der Waals surface area contributed by atoms with Gasteiger partial charge in [0, 0.05) is 13.1 Å². The van der Waals surface area contributed by atoms with Crippen LogP contribution >= 0.6 is 0 Å². The number of carboxylic acids is 1. The molecule has 0 spiro atoms. The van der Waals surface area contributed by atoms with E-state index in [1.165, 1.54) is 57.9 Å². The highest BCUT2D eigenvalue weighted by Gasteiger charge is 2.17. The number of hydrogen-bond acceptors (Lipinski definition) is 5. The van der Waals surface area contributed by atoms with Gasteiger partial charge in [-0.2, -0.15) is 0 Å². The van der Waals surface area contributed by atoms with E-state index in [1.807, 2.05) is 0 Å². The average molecular weight is 566 g/mol. The van der Waals surface area contributed by atoms with Gasteiger partial charge in [0.2, 0.25) is 6.33 Å². The fraction of sp³-hybridized carbons (Fsp3) is 0.844. The fourth-order valence-electron chi connectivity index (χ4n) is 4.68. The SMILES string of the molecule is CCCCC(CC)CNN(NCC(CC)CCCC)C(=O)C(=O)[O-].CCCCCCCCCC[n+]1ccn(C)c1. The summed E-state index contributed by atoms with van der Waals surface area (Å²) >= 11 is 0. The van der Waals surface area contributed by atoms with Crippen molar-refractivity contribution in [1.29, 1.82) is 0 Å². The quantitative estimate of drug-likeness (QED) is 0.0795. The molecule has 0 bridgehead atoms. The molecule has 1 amide bonds. The molecule has 0 aliphatic heterocycles. The summed E-state index contributed by atoms with van der Waals surface area (Å²) in [4.78, 5) is 22.7. The van der Waals surface area contributed by atoms with E-state index in [-0.39, 0.29) is 0 Å². The molecule has 0 saturated carbocycles. The first-order chi connectivity index (χ1) is 19.3. The Labute approximate surface area is 246 Å². The number of amides is 1. The Morgan fingerprint density at radius 3 is 1.65 bits per heavy atom. The van der Waals surface area contributed by atoms with E-state index < -0.39 is 11.9 Å². The van der Waals surface area contributed by atoms with Crippen LogP contribution in [0.25, 0.3) is 0 Å². The molecule has 1 heterocycles. The van der Waals surface area contributed by atoms with E-state index >= 15 is 0 Å². The highest BCUT2D eigenvalue weighted by atomic mass is 16.4. The van der Waals surface area contributed by atoms with Crippen LogP contribution in [0.15, 0.2) is 18.7 Å². The normalized spacial score (nSPS) is 12.4. The number of nitrogens with zero attached hydrogens (tertiary/aromatic N) is 3. The molecule has 2 atom stereocenters. The molecule has 0 aliphatic rings.